The monoisotopic (exact) mass is 347 g/mol. The van der Waals surface area contributed by atoms with Crippen LogP contribution in [0.25, 0.3) is 0 Å². The first-order valence-electron chi connectivity index (χ1n) is 9.34. The Hall–Kier alpha value is -3.32. The number of anilines is 1. The number of rotatable bonds is 1. The largest absolute Gasteiger partial charge is 0.377 e. The van der Waals surface area contributed by atoms with Crippen molar-refractivity contribution in [2.24, 2.45) is 0 Å². The van der Waals surface area contributed by atoms with E-state index in [1.54, 1.807) is 0 Å². The van der Waals surface area contributed by atoms with Gasteiger partial charge in [0, 0.05) is 25.0 Å². The summed E-state index contributed by atoms with van der Waals surface area (Å²) in [7, 11) is 4.24. The highest BCUT2D eigenvalue weighted by Gasteiger charge is 2.04. The molecule has 0 unspecified atom stereocenters. The van der Waals surface area contributed by atoms with Gasteiger partial charge in [0.25, 0.3) is 0 Å². The molecule has 0 aromatic heterocycles. The molecule has 0 radical (unpaired) electrons. The molecule has 0 amide bonds. The molecule has 0 atom stereocenters. The minimum atomic E-state index is 1.24. The maximum atomic E-state index is 2.26. The molecular weight excluding hydrogens is 326 g/mol. The smallest absolute Gasteiger partial charge is 0.0447 e. The van der Waals surface area contributed by atoms with Gasteiger partial charge in [-0.25, -0.2) is 0 Å². The number of benzene rings is 4. The standard InChI is InChI=1S/C26H21N/c1-27(2)25-17-9-16-24-22-13-6-5-12-20(22)18-10-3-4-11-19(18)21-14-7-8-15-23(21)26(24)25/h3-17H,1-2H3/b20-18-,21-19-,24-22-,26-23+. The normalized spacial score (nSPS) is 16.7. The molecule has 0 N–H and O–H groups in total. The summed E-state index contributed by atoms with van der Waals surface area (Å²) in [6, 6.07) is 33.0. The highest BCUT2D eigenvalue weighted by Crippen LogP contribution is 2.19. The Morgan fingerprint density at radius 3 is 1.26 bits per heavy atom. The van der Waals surface area contributed by atoms with Gasteiger partial charge in [-0.2, -0.15) is 0 Å². The molecule has 0 heterocycles. The van der Waals surface area contributed by atoms with E-state index in [9.17, 15) is 0 Å². The van der Waals surface area contributed by atoms with Gasteiger partial charge in [-0.05, 0) is 42.6 Å². The summed E-state index contributed by atoms with van der Waals surface area (Å²) in [6.07, 6.45) is 0. The molecule has 4 aromatic rings. The van der Waals surface area contributed by atoms with Crippen LogP contribution >= 0.6 is 0 Å². The molecule has 0 aliphatic heterocycles. The van der Waals surface area contributed by atoms with E-state index in [0.29, 0.717) is 0 Å². The van der Waals surface area contributed by atoms with E-state index in [0.717, 1.165) is 0 Å². The average Bonchev–Trinajstić information content (AvgIpc) is 2.72. The Morgan fingerprint density at radius 1 is 0.407 bits per heavy atom. The number of fused-ring (bicyclic) bond motifs is 4. The minimum absolute atomic E-state index is 1.24. The van der Waals surface area contributed by atoms with Crippen molar-refractivity contribution in [3.05, 3.63) is 133 Å². The maximum Gasteiger partial charge on any atom is 0.0447 e. The van der Waals surface area contributed by atoms with Crippen molar-refractivity contribution in [2.75, 3.05) is 19.0 Å². The van der Waals surface area contributed by atoms with Crippen molar-refractivity contribution < 1.29 is 0 Å². The third kappa shape index (κ3) is 2.39. The highest BCUT2D eigenvalue weighted by molar-refractivity contribution is 5.49. The van der Waals surface area contributed by atoms with Gasteiger partial charge in [0.15, 0.2) is 0 Å². The molecule has 4 aromatic carbocycles. The van der Waals surface area contributed by atoms with Crippen LogP contribution in [0.1, 0.15) is 0 Å². The van der Waals surface area contributed by atoms with Gasteiger partial charge in [0.05, 0.1) is 0 Å². The minimum Gasteiger partial charge on any atom is -0.377 e. The van der Waals surface area contributed by atoms with Gasteiger partial charge in [-0.15, -0.1) is 0 Å². The second kappa shape index (κ2) is 6.14. The van der Waals surface area contributed by atoms with E-state index in [2.05, 4.69) is 110 Å². The molecular formula is C26H21N. The number of nitrogens with zero attached hydrogens (tertiary/aromatic N) is 1. The molecule has 0 saturated carbocycles. The third-order valence-corrected chi connectivity index (χ3v) is 5.45. The summed E-state index contributed by atoms with van der Waals surface area (Å²) in [5.74, 6) is 0. The van der Waals surface area contributed by atoms with Gasteiger partial charge in [-0.1, -0.05) is 84.9 Å². The van der Waals surface area contributed by atoms with Gasteiger partial charge in [0.1, 0.15) is 0 Å². The first kappa shape index (κ1) is 15.9. The van der Waals surface area contributed by atoms with Crippen molar-refractivity contribution in [1.82, 2.24) is 0 Å². The van der Waals surface area contributed by atoms with Crippen molar-refractivity contribution in [3.63, 3.8) is 0 Å². The lowest BCUT2D eigenvalue weighted by molar-refractivity contribution is 1.11. The second-order valence-electron chi connectivity index (χ2n) is 7.23. The first-order valence-corrected chi connectivity index (χ1v) is 9.34. The van der Waals surface area contributed by atoms with Crippen LogP contribution in [0, 0.1) is 41.7 Å². The van der Waals surface area contributed by atoms with Crippen LogP contribution < -0.4 is 4.90 Å². The number of hydrogen-bond donors (Lipinski definition) is 0. The Labute approximate surface area is 157 Å². The van der Waals surface area contributed by atoms with Crippen LogP contribution in [0.5, 0.6) is 0 Å². The van der Waals surface area contributed by atoms with Gasteiger partial charge in [-0.3, -0.25) is 0 Å². The quantitative estimate of drug-likeness (QED) is 0.402. The molecule has 0 saturated heterocycles. The summed E-state index contributed by atoms with van der Waals surface area (Å²) >= 11 is 0. The summed E-state index contributed by atoms with van der Waals surface area (Å²) < 4.78 is 0. The molecule has 5 rings (SSSR count). The molecule has 1 aliphatic carbocycles. The predicted octanol–water partition coefficient (Wildman–Crippen LogP) is 5.21. The zero-order chi connectivity index (χ0) is 18.4. The van der Waals surface area contributed by atoms with Crippen molar-refractivity contribution in [1.29, 1.82) is 0 Å². The van der Waals surface area contributed by atoms with Crippen LogP contribution in [0.4, 0.5) is 5.69 Å². The Balaban J connectivity index is 2.43. The lowest BCUT2D eigenvalue weighted by Crippen LogP contribution is -2.10. The van der Waals surface area contributed by atoms with E-state index in [4.69, 9.17) is 0 Å². The Bertz CT molecular complexity index is 1540. The van der Waals surface area contributed by atoms with Crippen LogP contribution in [-0.2, 0) is 0 Å². The fraction of sp³-hybridized carbons (Fsp3) is 0.0769. The van der Waals surface area contributed by atoms with Gasteiger partial charge in [0.2, 0.25) is 0 Å². The van der Waals surface area contributed by atoms with E-state index >= 15 is 0 Å². The van der Waals surface area contributed by atoms with E-state index in [-0.39, 0.29) is 0 Å². The van der Waals surface area contributed by atoms with Crippen LogP contribution in [0.15, 0.2) is 91.0 Å². The number of hydrogen-bond acceptors (Lipinski definition) is 1. The molecule has 27 heavy (non-hydrogen) atoms. The molecule has 1 nitrogen and oxygen atoms in total. The third-order valence-electron chi connectivity index (χ3n) is 5.45. The topological polar surface area (TPSA) is 3.24 Å². The molecule has 0 fully saturated rings. The lowest BCUT2D eigenvalue weighted by Gasteiger charge is -2.14. The zero-order valence-electron chi connectivity index (χ0n) is 15.6. The Kier molecular flexibility index (Phi) is 3.61. The summed E-state index contributed by atoms with van der Waals surface area (Å²) in [4.78, 5) is 2.21. The van der Waals surface area contributed by atoms with Crippen LogP contribution in [0.2, 0.25) is 0 Å². The predicted molar refractivity (Wildman–Crippen MR) is 111 cm³/mol. The van der Waals surface area contributed by atoms with Crippen molar-refractivity contribution >= 4 is 5.69 Å². The van der Waals surface area contributed by atoms with Crippen molar-refractivity contribution in [2.45, 2.75) is 0 Å². The zero-order valence-corrected chi connectivity index (χ0v) is 15.6. The fourth-order valence-electron chi connectivity index (χ4n) is 4.26. The molecule has 130 valence electrons. The Morgan fingerprint density at radius 2 is 0.778 bits per heavy atom. The van der Waals surface area contributed by atoms with Gasteiger partial charge < -0.3 is 4.90 Å². The molecule has 1 aliphatic rings. The second-order valence-corrected chi connectivity index (χ2v) is 7.23. The summed E-state index contributed by atoms with van der Waals surface area (Å²) in [5, 5.41) is 10.3. The van der Waals surface area contributed by atoms with E-state index < -0.39 is 0 Å². The highest BCUT2D eigenvalue weighted by atomic mass is 15.1. The first-order chi connectivity index (χ1) is 13.3. The van der Waals surface area contributed by atoms with Crippen molar-refractivity contribution in [3.8, 4) is 0 Å². The lowest BCUT2D eigenvalue weighted by atomic mass is 10.0. The summed E-state index contributed by atoms with van der Waals surface area (Å²) in [6.45, 7) is 0. The fourth-order valence-corrected chi connectivity index (χ4v) is 4.26. The molecule has 1 heteroatoms. The van der Waals surface area contributed by atoms with Gasteiger partial charge >= 0.3 is 0 Å². The van der Waals surface area contributed by atoms with E-state index in [1.165, 1.54) is 47.4 Å². The average molecular weight is 347 g/mol. The molecule has 0 bridgehead atoms. The van der Waals surface area contributed by atoms with Crippen LogP contribution in [-0.4, -0.2) is 14.1 Å². The maximum absolute atomic E-state index is 2.26. The van der Waals surface area contributed by atoms with E-state index in [1.807, 2.05) is 0 Å². The summed E-state index contributed by atoms with van der Waals surface area (Å²) in [5.41, 5.74) is 1.24. The van der Waals surface area contributed by atoms with Crippen LogP contribution in [0.3, 0.4) is 0 Å². The molecule has 0 spiro atoms. The SMILES string of the molecule is CN(C)c1cccc2/c1=c1/cccc/c1=c1\cccc\c1=c1/cccc/c1=2.